The van der Waals surface area contributed by atoms with E-state index in [9.17, 15) is 18.0 Å². The van der Waals surface area contributed by atoms with E-state index >= 15 is 0 Å². The second kappa shape index (κ2) is 7.20. The van der Waals surface area contributed by atoms with Crippen LogP contribution in [-0.4, -0.2) is 30.1 Å². The third kappa shape index (κ3) is 4.50. The first-order chi connectivity index (χ1) is 12.7. The third-order valence-electron chi connectivity index (χ3n) is 3.85. The van der Waals surface area contributed by atoms with Crippen LogP contribution in [0.2, 0.25) is 0 Å². The molecule has 140 valence electrons. The molecule has 0 fully saturated rings. The molecule has 3 aromatic rings. The van der Waals surface area contributed by atoms with Crippen LogP contribution < -0.4 is 15.6 Å². The highest BCUT2D eigenvalue weighted by atomic mass is 32.2. The molecule has 2 N–H and O–H groups in total. The summed E-state index contributed by atoms with van der Waals surface area (Å²) in [5, 5.41) is 3.14. The number of carbonyl (C=O) groups excluding carboxylic acids is 1. The van der Waals surface area contributed by atoms with Gasteiger partial charge in [-0.15, -0.1) is 0 Å². The van der Waals surface area contributed by atoms with E-state index < -0.39 is 15.9 Å². The van der Waals surface area contributed by atoms with Gasteiger partial charge in [0.1, 0.15) is 6.54 Å². The molecule has 0 aliphatic rings. The van der Waals surface area contributed by atoms with E-state index in [1.165, 1.54) is 10.9 Å². The fraction of sp³-hybridized carbons (Fsp3) is 0.167. The lowest BCUT2D eigenvalue weighted by atomic mass is 10.2. The van der Waals surface area contributed by atoms with E-state index in [0.717, 1.165) is 6.26 Å². The lowest BCUT2D eigenvalue weighted by Crippen LogP contribution is -2.27. The molecule has 0 saturated heterocycles. The van der Waals surface area contributed by atoms with Crippen molar-refractivity contribution in [3.8, 4) is 0 Å². The summed E-state index contributed by atoms with van der Waals surface area (Å²) in [5.41, 5.74) is 1.87. The lowest BCUT2D eigenvalue weighted by molar-refractivity contribution is -0.116. The Morgan fingerprint density at radius 3 is 2.63 bits per heavy atom. The van der Waals surface area contributed by atoms with Gasteiger partial charge in [0.25, 0.3) is 5.56 Å². The summed E-state index contributed by atoms with van der Waals surface area (Å²) >= 11 is 0. The minimum Gasteiger partial charge on any atom is -0.325 e. The Morgan fingerprint density at radius 1 is 1.19 bits per heavy atom. The lowest BCUT2D eigenvalue weighted by Gasteiger charge is -2.11. The first-order valence-electron chi connectivity index (χ1n) is 8.05. The van der Waals surface area contributed by atoms with Crippen LogP contribution in [0, 0.1) is 6.92 Å². The summed E-state index contributed by atoms with van der Waals surface area (Å²) in [5.74, 6) is -0.391. The van der Waals surface area contributed by atoms with Gasteiger partial charge in [-0.2, -0.15) is 0 Å². The average molecular weight is 386 g/mol. The summed E-state index contributed by atoms with van der Waals surface area (Å²) in [6.07, 6.45) is 2.41. The molecule has 1 aromatic heterocycles. The van der Waals surface area contributed by atoms with E-state index in [2.05, 4.69) is 15.0 Å². The minimum atomic E-state index is -3.38. The molecule has 0 atom stereocenters. The standard InChI is InChI=1S/C18H18N4O4S/c1-12-9-13(7-8-15(12)21-27(2,25)26)20-17(23)10-22-11-19-16-6-4-3-5-14(16)18(22)24/h3-9,11,21H,10H2,1-2H3,(H,20,23). The Hall–Kier alpha value is -3.20. The van der Waals surface area contributed by atoms with Crippen LogP contribution in [-0.2, 0) is 21.4 Å². The number of benzene rings is 2. The van der Waals surface area contributed by atoms with Crippen molar-refractivity contribution in [3.05, 3.63) is 64.7 Å². The van der Waals surface area contributed by atoms with Crippen LogP contribution in [0.4, 0.5) is 11.4 Å². The Morgan fingerprint density at radius 2 is 1.93 bits per heavy atom. The molecule has 0 radical (unpaired) electrons. The van der Waals surface area contributed by atoms with Crippen LogP contribution in [0.25, 0.3) is 10.9 Å². The summed E-state index contributed by atoms with van der Waals surface area (Å²) in [4.78, 5) is 28.9. The van der Waals surface area contributed by atoms with Crippen molar-refractivity contribution < 1.29 is 13.2 Å². The molecule has 8 nitrogen and oxygen atoms in total. The quantitative estimate of drug-likeness (QED) is 0.694. The topological polar surface area (TPSA) is 110 Å². The van der Waals surface area contributed by atoms with Gasteiger partial charge >= 0.3 is 0 Å². The van der Waals surface area contributed by atoms with Crippen molar-refractivity contribution in [2.75, 3.05) is 16.3 Å². The molecule has 0 aliphatic heterocycles. The number of fused-ring (bicyclic) bond motifs is 1. The summed E-state index contributed by atoms with van der Waals surface area (Å²) in [6.45, 7) is 1.54. The molecule has 27 heavy (non-hydrogen) atoms. The number of aryl methyl sites for hydroxylation is 1. The van der Waals surface area contributed by atoms with Gasteiger partial charge in [-0.25, -0.2) is 13.4 Å². The number of anilines is 2. The maximum Gasteiger partial charge on any atom is 0.261 e. The molecule has 3 rings (SSSR count). The number of rotatable bonds is 5. The SMILES string of the molecule is Cc1cc(NC(=O)Cn2cnc3ccccc3c2=O)ccc1NS(C)(=O)=O. The molecule has 1 amide bonds. The molecule has 9 heteroatoms. The number of amides is 1. The largest absolute Gasteiger partial charge is 0.325 e. The van der Waals surface area contributed by atoms with Crippen LogP contribution in [0.3, 0.4) is 0 Å². The third-order valence-corrected chi connectivity index (χ3v) is 4.44. The summed E-state index contributed by atoms with van der Waals surface area (Å²) < 4.78 is 26.3. The number of nitrogens with zero attached hydrogens (tertiary/aromatic N) is 2. The Bertz CT molecular complexity index is 1190. The molecule has 0 spiro atoms. The summed E-state index contributed by atoms with van der Waals surface area (Å²) in [6, 6.07) is 11.7. The second-order valence-corrected chi connectivity index (χ2v) is 7.90. The summed E-state index contributed by atoms with van der Waals surface area (Å²) in [7, 11) is -3.38. The van der Waals surface area contributed by atoms with Gasteiger partial charge in [0.2, 0.25) is 15.9 Å². The minimum absolute atomic E-state index is 0.181. The predicted octanol–water partition coefficient (Wildman–Crippen LogP) is 1.72. The Kier molecular flexibility index (Phi) is 4.95. The van der Waals surface area contributed by atoms with Gasteiger partial charge in [-0.1, -0.05) is 12.1 Å². The number of aromatic nitrogens is 2. The van der Waals surface area contributed by atoms with Gasteiger partial charge in [0.05, 0.1) is 29.2 Å². The molecule has 0 bridgehead atoms. The smallest absolute Gasteiger partial charge is 0.261 e. The second-order valence-electron chi connectivity index (χ2n) is 6.15. The van der Waals surface area contributed by atoms with E-state index in [4.69, 9.17) is 0 Å². The Labute approximate surface area is 155 Å². The van der Waals surface area contributed by atoms with Crippen LogP contribution >= 0.6 is 0 Å². The number of hydrogen-bond acceptors (Lipinski definition) is 5. The molecular formula is C18H18N4O4S. The van der Waals surface area contributed by atoms with Crippen molar-refractivity contribution in [2.24, 2.45) is 0 Å². The molecular weight excluding hydrogens is 368 g/mol. The molecule has 0 saturated carbocycles. The molecule has 2 aromatic carbocycles. The highest BCUT2D eigenvalue weighted by molar-refractivity contribution is 7.92. The van der Waals surface area contributed by atoms with E-state index in [1.807, 2.05) is 0 Å². The number of para-hydroxylation sites is 1. The maximum absolute atomic E-state index is 12.4. The fourth-order valence-electron chi connectivity index (χ4n) is 2.63. The number of sulfonamides is 1. The number of hydrogen-bond donors (Lipinski definition) is 2. The zero-order valence-corrected chi connectivity index (χ0v) is 15.6. The van der Waals surface area contributed by atoms with Gasteiger partial charge in [0, 0.05) is 5.69 Å². The maximum atomic E-state index is 12.4. The van der Waals surface area contributed by atoms with E-state index in [0.29, 0.717) is 27.8 Å². The van der Waals surface area contributed by atoms with Crippen LogP contribution in [0.1, 0.15) is 5.56 Å². The first-order valence-corrected chi connectivity index (χ1v) is 9.94. The monoisotopic (exact) mass is 386 g/mol. The van der Waals surface area contributed by atoms with Crippen LogP contribution in [0.15, 0.2) is 53.6 Å². The molecule has 0 unspecified atom stereocenters. The number of nitrogens with one attached hydrogen (secondary N) is 2. The predicted molar refractivity (Wildman–Crippen MR) is 104 cm³/mol. The normalized spacial score (nSPS) is 11.3. The Balaban J connectivity index is 1.76. The fourth-order valence-corrected chi connectivity index (χ4v) is 3.26. The van der Waals surface area contributed by atoms with Gasteiger partial charge in [-0.3, -0.25) is 18.9 Å². The van der Waals surface area contributed by atoms with Crippen molar-refractivity contribution in [1.82, 2.24) is 9.55 Å². The zero-order chi connectivity index (χ0) is 19.6. The van der Waals surface area contributed by atoms with Crippen LogP contribution in [0.5, 0.6) is 0 Å². The van der Waals surface area contributed by atoms with E-state index in [1.54, 1.807) is 49.4 Å². The van der Waals surface area contributed by atoms with Gasteiger partial charge < -0.3 is 5.32 Å². The van der Waals surface area contributed by atoms with Crippen molar-refractivity contribution >= 4 is 38.2 Å². The van der Waals surface area contributed by atoms with E-state index in [-0.39, 0.29) is 12.1 Å². The van der Waals surface area contributed by atoms with Gasteiger partial charge in [-0.05, 0) is 42.8 Å². The first kappa shape index (κ1) is 18.6. The van der Waals surface area contributed by atoms with Gasteiger partial charge in [0.15, 0.2) is 0 Å². The van der Waals surface area contributed by atoms with Crippen molar-refractivity contribution in [1.29, 1.82) is 0 Å². The molecule has 1 heterocycles. The highest BCUT2D eigenvalue weighted by Crippen LogP contribution is 2.20. The van der Waals surface area contributed by atoms with Crippen molar-refractivity contribution in [2.45, 2.75) is 13.5 Å². The average Bonchev–Trinajstić information content (AvgIpc) is 2.59. The number of carbonyl (C=O) groups is 1. The van der Waals surface area contributed by atoms with Crippen molar-refractivity contribution in [3.63, 3.8) is 0 Å². The zero-order valence-electron chi connectivity index (χ0n) is 14.8. The molecule has 0 aliphatic carbocycles. The highest BCUT2D eigenvalue weighted by Gasteiger charge is 2.10.